The summed E-state index contributed by atoms with van der Waals surface area (Å²) >= 11 is 3.16. The summed E-state index contributed by atoms with van der Waals surface area (Å²) in [5, 5.41) is 2.53. The topological polar surface area (TPSA) is 75.3 Å². The second-order valence-corrected chi connectivity index (χ2v) is 8.40. The monoisotopic (exact) mass is 442 g/mol. The lowest BCUT2D eigenvalue weighted by Crippen LogP contribution is -2.24. The highest BCUT2D eigenvalue weighted by atomic mass is 79.9. The van der Waals surface area contributed by atoms with Gasteiger partial charge in [-0.15, -0.1) is 0 Å². The zero-order valence-electron chi connectivity index (χ0n) is 14.3. The average molecular weight is 443 g/mol. The van der Waals surface area contributed by atoms with Gasteiger partial charge in [0.05, 0.1) is 10.6 Å². The number of benzene rings is 2. The second-order valence-electron chi connectivity index (χ2n) is 5.71. The number of hydrogen-bond donors (Lipinski definition) is 2. The van der Waals surface area contributed by atoms with E-state index in [0.29, 0.717) is 23.9 Å². The van der Waals surface area contributed by atoms with Crippen LogP contribution in [0, 0.1) is 5.82 Å². The van der Waals surface area contributed by atoms with Crippen LogP contribution in [0.4, 0.5) is 10.1 Å². The Labute approximate surface area is 161 Å². The first kappa shape index (κ1) is 20.5. The summed E-state index contributed by atoms with van der Waals surface area (Å²) in [4.78, 5) is 12.2. The fraction of sp³-hybridized carbons (Fsp3) is 0.278. The van der Waals surface area contributed by atoms with E-state index in [-0.39, 0.29) is 22.9 Å². The molecular weight excluding hydrogens is 423 g/mol. The summed E-state index contributed by atoms with van der Waals surface area (Å²) in [5.74, 6) is -0.825. The van der Waals surface area contributed by atoms with Crippen LogP contribution in [-0.4, -0.2) is 20.9 Å². The standard InChI is InChI=1S/C18H20BrFN2O3S/c1-2-11-21-26(24,25)15-7-3-13(4-8-15)5-10-18(23)22-17-9-6-14(19)12-16(17)20/h3-4,6-9,12,21H,2,5,10-11H2,1H3,(H,22,23). The Morgan fingerprint density at radius 1 is 1.15 bits per heavy atom. The number of rotatable bonds is 8. The SMILES string of the molecule is CCCNS(=O)(=O)c1ccc(CCC(=O)Nc2ccc(Br)cc2F)cc1. The minimum absolute atomic E-state index is 0.127. The molecule has 0 spiro atoms. The molecule has 2 rings (SSSR count). The maximum atomic E-state index is 13.7. The third kappa shape index (κ3) is 5.89. The molecule has 5 nitrogen and oxygen atoms in total. The Balaban J connectivity index is 1.92. The molecule has 26 heavy (non-hydrogen) atoms. The van der Waals surface area contributed by atoms with Crippen molar-refractivity contribution in [2.45, 2.75) is 31.1 Å². The molecule has 0 fully saturated rings. The van der Waals surface area contributed by atoms with Gasteiger partial charge in [-0.1, -0.05) is 35.0 Å². The normalized spacial score (nSPS) is 11.3. The van der Waals surface area contributed by atoms with Gasteiger partial charge >= 0.3 is 0 Å². The van der Waals surface area contributed by atoms with E-state index in [0.717, 1.165) is 5.56 Å². The molecule has 0 unspecified atom stereocenters. The van der Waals surface area contributed by atoms with E-state index in [1.807, 2.05) is 6.92 Å². The Morgan fingerprint density at radius 2 is 1.85 bits per heavy atom. The van der Waals surface area contributed by atoms with Gasteiger partial charge in [0.2, 0.25) is 15.9 Å². The molecular formula is C18H20BrFN2O3S. The maximum absolute atomic E-state index is 13.7. The fourth-order valence-corrected chi connectivity index (χ4v) is 3.68. The number of carbonyl (C=O) groups excluding carboxylic acids is 1. The van der Waals surface area contributed by atoms with Gasteiger partial charge in [0.1, 0.15) is 5.82 Å². The molecule has 0 radical (unpaired) electrons. The molecule has 0 heterocycles. The molecule has 0 aliphatic carbocycles. The van der Waals surface area contributed by atoms with E-state index < -0.39 is 15.8 Å². The van der Waals surface area contributed by atoms with Gasteiger partial charge in [0, 0.05) is 17.4 Å². The highest BCUT2D eigenvalue weighted by molar-refractivity contribution is 9.10. The summed E-state index contributed by atoms with van der Waals surface area (Å²) in [6, 6.07) is 10.8. The van der Waals surface area contributed by atoms with Crippen molar-refractivity contribution in [2.24, 2.45) is 0 Å². The van der Waals surface area contributed by atoms with Crippen LogP contribution in [0.1, 0.15) is 25.3 Å². The van der Waals surface area contributed by atoms with Crippen LogP contribution >= 0.6 is 15.9 Å². The molecule has 2 N–H and O–H groups in total. The predicted octanol–water partition coefficient (Wildman–Crippen LogP) is 3.85. The first-order chi connectivity index (χ1) is 12.3. The van der Waals surface area contributed by atoms with E-state index in [1.54, 1.807) is 18.2 Å². The Kier molecular flexibility index (Phi) is 7.31. The molecule has 1 amide bonds. The van der Waals surface area contributed by atoms with Crippen LogP contribution < -0.4 is 10.0 Å². The van der Waals surface area contributed by atoms with Crippen molar-refractivity contribution < 1.29 is 17.6 Å². The highest BCUT2D eigenvalue weighted by Gasteiger charge is 2.13. The lowest BCUT2D eigenvalue weighted by molar-refractivity contribution is -0.116. The minimum Gasteiger partial charge on any atom is -0.324 e. The van der Waals surface area contributed by atoms with E-state index in [4.69, 9.17) is 0 Å². The van der Waals surface area contributed by atoms with Crippen molar-refractivity contribution >= 4 is 37.5 Å². The second kappa shape index (κ2) is 9.25. The van der Waals surface area contributed by atoms with Gasteiger partial charge in [-0.2, -0.15) is 0 Å². The van der Waals surface area contributed by atoms with Crippen LogP contribution in [-0.2, 0) is 21.2 Å². The molecule has 0 saturated heterocycles. The van der Waals surface area contributed by atoms with Crippen LogP contribution in [0.3, 0.4) is 0 Å². The first-order valence-corrected chi connectivity index (χ1v) is 10.4. The van der Waals surface area contributed by atoms with Gasteiger partial charge in [0.25, 0.3) is 0 Å². The lowest BCUT2D eigenvalue weighted by Gasteiger charge is -2.08. The van der Waals surface area contributed by atoms with Crippen LogP contribution in [0.25, 0.3) is 0 Å². The van der Waals surface area contributed by atoms with Crippen molar-refractivity contribution in [1.29, 1.82) is 0 Å². The molecule has 140 valence electrons. The number of carbonyl (C=O) groups is 1. The predicted molar refractivity (Wildman–Crippen MR) is 103 cm³/mol. The van der Waals surface area contributed by atoms with Gasteiger partial charge in [-0.3, -0.25) is 4.79 Å². The summed E-state index contributed by atoms with van der Waals surface area (Å²) < 4.78 is 40.8. The molecule has 0 aliphatic rings. The zero-order chi connectivity index (χ0) is 19.2. The smallest absolute Gasteiger partial charge is 0.240 e. The molecule has 0 bridgehead atoms. The zero-order valence-corrected chi connectivity index (χ0v) is 16.7. The van der Waals surface area contributed by atoms with Crippen molar-refractivity contribution in [1.82, 2.24) is 4.72 Å². The maximum Gasteiger partial charge on any atom is 0.240 e. The highest BCUT2D eigenvalue weighted by Crippen LogP contribution is 2.19. The molecule has 8 heteroatoms. The van der Waals surface area contributed by atoms with E-state index in [1.165, 1.54) is 24.3 Å². The summed E-state index contributed by atoms with van der Waals surface area (Å²) in [6.45, 7) is 2.27. The quantitative estimate of drug-likeness (QED) is 0.651. The third-order valence-corrected chi connectivity index (χ3v) is 5.59. The number of amides is 1. The lowest BCUT2D eigenvalue weighted by atomic mass is 10.1. The van der Waals surface area contributed by atoms with E-state index >= 15 is 0 Å². The number of nitrogens with one attached hydrogen (secondary N) is 2. The number of hydrogen-bond acceptors (Lipinski definition) is 3. The number of sulfonamides is 1. The first-order valence-electron chi connectivity index (χ1n) is 8.15. The van der Waals surface area contributed by atoms with Crippen molar-refractivity contribution in [3.63, 3.8) is 0 Å². The largest absolute Gasteiger partial charge is 0.324 e. The van der Waals surface area contributed by atoms with Gasteiger partial charge in [-0.05, 0) is 48.7 Å². The Bertz CT molecular complexity index is 871. The van der Waals surface area contributed by atoms with E-state index in [2.05, 4.69) is 26.0 Å². The third-order valence-electron chi connectivity index (χ3n) is 3.62. The van der Waals surface area contributed by atoms with E-state index in [9.17, 15) is 17.6 Å². The summed E-state index contributed by atoms with van der Waals surface area (Å²) in [5.41, 5.74) is 0.951. The number of anilines is 1. The average Bonchev–Trinajstić information content (AvgIpc) is 2.61. The summed E-state index contributed by atoms with van der Waals surface area (Å²) in [6.07, 6.45) is 1.30. The Hall–Kier alpha value is -1.77. The fourth-order valence-electron chi connectivity index (χ4n) is 2.22. The molecule has 0 aromatic heterocycles. The van der Waals surface area contributed by atoms with Gasteiger partial charge in [-0.25, -0.2) is 17.5 Å². The van der Waals surface area contributed by atoms with Gasteiger partial charge in [0.15, 0.2) is 0 Å². The molecule has 2 aromatic rings. The molecule has 0 saturated carbocycles. The molecule has 0 atom stereocenters. The Morgan fingerprint density at radius 3 is 2.46 bits per heavy atom. The van der Waals surface area contributed by atoms with Crippen LogP contribution in [0.2, 0.25) is 0 Å². The van der Waals surface area contributed by atoms with Crippen LogP contribution in [0.5, 0.6) is 0 Å². The minimum atomic E-state index is -3.49. The van der Waals surface area contributed by atoms with Crippen molar-refractivity contribution in [3.05, 3.63) is 58.3 Å². The van der Waals surface area contributed by atoms with Gasteiger partial charge < -0.3 is 5.32 Å². The number of halogens is 2. The molecule has 2 aromatic carbocycles. The molecule has 0 aliphatic heterocycles. The summed E-state index contributed by atoms with van der Waals surface area (Å²) in [7, 11) is -3.49. The van der Waals surface area contributed by atoms with Crippen molar-refractivity contribution in [3.8, 4) is 0 Å². The van der Waals surface area contributed by atoms with Crippen LogP contribution in [0.15, 0.2) is 51.8 Å². The number of aryl methyl sites for hydroxylation is 1. The van der Waals surface area contributed by atoms with Crippen molar-refractivity contribution in [2.75, 3.05) is 11.9 Å².